The van der Waals surface area contributed by atoms with E-state index < -0.39 is 12.1 Å². The van der Waals surface area contributed by atoms with E-state index in [1.165, 1.54) is 6.07 Å². The average Bonchev–Trinajstić information content (AvgIpc) is 2.62. The molecule has 6 heteroatoms. The molecule has 1 amide bonds. The minimum atomic E-state index is -0.770. The zero-order chi connectivity index (χ0) is 18.2. The predicted octanol–water partition coefficient (Wildman–Crippen LogP) is 3.14. The van der Waals surface area contributed by atoms with E-state index in [0.717, 1.165) is 0 Å². The molecule has 2 aromatic carbocycles. The lowest BCUT2D eigenvalue weighted by Crippen LogP contribution is -2.30. The van der Waals surface area contributed by atoms with Gasteiger partial charge < -0.3 is 14.8 Å². The summed E-state index contributed by atoms with van der Waals surface area (Å²) in [6.45, 7) is 3.62. The van der Waals surface area contributed by atoms with Crippen molar-refractivity contribution in [3.8, 4) is 11.8 Å². The molecule has 6 nitrogen and oxygen atoms in total. The van der Waals surface area contributed by atoms with Crippen LogP contribution in [0.3, 0.4) is 0 Å². The third-order valence-electron chi connectivity index (χ3n) is 3.31. The Morgan fingerprint density at radius 2 is 1.92 bits per heavy atom. The van der Waals surface area contributed by atoms with Crippen LogP contribution < -0.4 is 10.1 Å². The molecule has 0 saturated heterocycles. The molecule has 0 spiro atoms. The molecular weight excluding hydrogens is 320 g/mol. The molecule has 1 atom stereocenters. The number of amides is 1. The van der Waals surface area contributed by atoms with Crippen molar-refractivity contribution in [2.24, 2.45) is 0 Å². The van der Waals surface area contributed by atoms with Crippen LogP contribution in [0.4, 0.5) is 5.69 Å². The van der Waals surface area contributed by atoms with Crippen LogP contribution >= 0.6 is 0 Å². The number of anilines is 1. The molecule has 25 heavy (non-hydrogen) atoms. The van der Waals surface area contributed by atoms with Gasteiger partial charge in [0.15, 0.2) is 6.10 Å². The smallest absolute Gasteiger partial charge is 0.338 e. The largest absolute Gasteiger partial charge is 0.481 e. The van der Waals surface area contributed by atoms with E-state index in [9.17, 15) is 9.59 Å². The van der Waals surface area contributed by atoms with Crippen molar-refractivity contribution < 1.29 is 19.1 Å². The minimum Gasteiger partial charge on any atom is -0.481 e. The van der Waals surface area contributed by atoms with Gasteiger partial charge in [0.25, 0.3) is 5.91 Å². The molecule has 0 aliphatic rings. The van der Waals surface area contributed by atoms with E-state index in [0.29, 0.717) is 22.6 Å². The van der Waals surface area contributed by atoms with Crippen LogP contribution in [-0.2, 0) is 9.53 Å². The summed E-state index contributed by atoms with van der Waals surface area (Å²) in [5.41, 5.74) is 1.44. The molecule has 0 aliphatic carbocycles. The van der Waals surface area contributed by atoms with Gasteiger partial charge in [0.1, 0.15) is 5.75 Å². The summed E-state index contributed by atoms with van der Waals surface area (Å²) in [5.74, 6) is -0.387. The van der Waals surface area contributed by atoms with Crippen LogP contribution in [0.2, 0.25) is 0 Å². The van der Waals surface area contributed by atoms with Gasteiger partial charge in [-0.05, 0) is 56.3 Å². The van der Waals surface area contributed by atoms with Gasteiger partial charge in [-0.25, -0.2) is 4.79 Å². The van der Waals surface area contributed by atoms with Crippen molar-refractivity contribution in [3.05, 3.63) is 59.7 Å². The maximum Gasteiger partial charge on any atom is 0.338 e. The van der Waals surface area contributed by atoms with Crippen LogP contribution in [0.15, 0.2) is 48.5 Å². The summed E-state index contributed by atoms with van der Waals surface area (Å²) in [6.07, 6.45) is -0.770. The zero-order valence-corrected chi connectivity index (χ0v) is 14.0. The Bertz CT molecular complexity index is 794. The molecule has 128 valence electrons. The maximum absolute atomic E-state index is 12.2. The summed E-state index contributed by atoms with van der Waals surface area (Å²) in [5, 5.41) is 11.5. The first kappa shape index (κ1) is 18.0. The van der Waals surface area contributed by atoms with Gasteiger partial charge >= 0.3 is 5.97 Å². The molecule has 0 bridgehead atoms. The van der Waals surface area contributed by atoms with E-state index in [-0.39, 0.29) is 12.5 Å². The normalized spacial score (nSPS) is 11.1. The Morgan fingerprint density at radius 1 is 1.20 bits per heavy atom. The Morgan fingerprint density at radius 3 is 2.56 bits per heavy atom. The topological polar surface area (TPSA) is 88.4 Å². The van der Waals surface area contributed by atoms with Crippen LogP contribution in [0, 0.1) is 11.3 Å². The number of rotatable bonds is 6. The Kier molecular flexibility index (Phi) is 6.13. The highest BCUT2D eigenvalue weighted by Gasteiger charge is 2.16. The second-order valence-electron chi connectivity index (χ2n) is 5.19. The number of carbonyl (C=O) groups excluding carboxylic acids is 2. The highest BCUT2D eigenvalue weighted by atomic mass is 16.5. The van der Waals surface area contributed by atoms with Crippen LogP contribution in [-0.4, -0.2) is 24.6 Å². The number of esters is 1. The Hall–Kier alpha value is -3.33. The van der Waals surface area contributed by atoms with Gasteiger partial charge in [0.05, 0.1) is 23.8 Å². The lowest BCUT2D eigenvalue weighted by Gasteiger charge is -2.15. The van der Waals surface area contributed by atoms with Gasteiger partial charge in [-0.2, -0.15) is 5.26 Å². The van der Waals surface area contributed by atoms with Crippen molar-refractivity contribution in [2.75, 3.05) is 11.9 Å². The highest BCUT2D eigenvalue weighted by molar-refractivity contribution is 5.94. The summed E-state index contributed by atoms with van der Waals surface area (Å²) in [6, 6.07) is 15.0. The number of carbonyl (C=O) groups is 2. The molecule has 2 aromatic rings. The van der Waals surface area contributed by atoms with E-state index in [4.69, 9.17) is 14.7 Å². The molecule has 0 fully saturated rings. The molecule has 0 aliphatic heterocycles. The average molecular weight is 338 g/mol. The second-order valence-corrected chi connectivity index (χ2v) is 5.19. The number of nitrogens with one attached hydrogen (secondary N) is 1. The van der Waals surface area contributed by atoms with E-state index in [1.807, 2.05) is 6.07 Å². The van der Waals surface area contributed by atoms with E-state index in [1.54, 1.807) is 56.3 Å². The van der Waals surface area contributed by atoms with E-state index >= 15 is 0 Å². The Labute approximate surface area is 146 Å². The molecule has 0 radical (unpaired) electrons. The lowest BCUT2D eigenvalue weighted by atomic mass is 10.2. The number of nitrogens with zero attached hydrogens (tertiary/aromatic N) is 1. The van der Waals surface area contributed by atoms with Gasteiger partial charge in [0, 0.05) is 5.69 Å². The van der Waals surface area contributed by atoms with Crippen molar-refractivity contribution in [1.82, 2.24) is 0 Å². The van der Waals surface area contributed by atoms with Crippen molar-refractivity contribution >= 4 is 17.6 Å². The number of ether oxygens (including phenoxy) is 2. The van der Waals surface area contributed by atoms with Crippen LogP contribution in [0.1, 0.15) is 29.8 Å². The van der Waals surface area contributed by atoms with Crippen LogP contribution in [0.25, 0.3) is 0 Å². The predicted molar refractivity (Wildman–Crippen MR) is 92.3 cm³/mol. The van der Waals surface area contributed by atoms with E-state index in [2.05, 4.69) is 5.32 Å². The summed E-state index contributed by atoms with van der Waals surface area (Å²) < 4.78 is 10.5. The first-order valence-corrected chi connectivity index (χ1v) is 7.78. The van der Waals surface area contributed by atoms with Crippen molar-refractivity contribution in [1.29, 1.82) is 5.26 Å². The quantitative estimate of drug-likeness (QED) is 0.818. The highest BCUT2D eigenvalue weighted by Crippen LogP contribution is 2.17. The van der Waals surface area contributed by atoms with Gasteiger partial charge in [-0.1, -0.05) is 6.07 Å². The minimum absolute atomic E-state index is 0.285. The monoisotopic (exact) mass is 338 g/mol. The zero-order valence-electron chi connectivity index (χ0n) is 14.0. The molecule has 0 saturated carbocycles. The van der Waals surface area contributed by atoms with Gasteiger partial charge in [0.2, 0.25) is 0 Å². The second kappa shape index (κ2) is 8.50. The Balaban J connectivity index is 1.99. The maximum atomic E-state index is 12.2. The lowest BCUT2D eigenvalue weighted by molar-refractivity contribution is -0.122. The summed E-state index contributed by atoms with van der Waals surface area (Å²) in [7, 11) is 0. The fourth-order valence-corrected chi connectivity index (χ4v) is 2.04. The SMILES string of the molecule is CCOC(=O)c1cccc(O[C@@H](C)C(=O)Nc2ccc(C#N)cc2)c1. The number of benzene rings is 2. The van der Waals surface area contributed by atoms with Gasteiger partial charge in [-0.3, -0.25) is 4.79 Å². The molecule has 0 aromatic heterocycles. The third-order valence-corrected chi connectivity index (χ3v) is 3.31. The first-order chi connectivity index (χ1) is 12.0. The third kappa shape index (κ3) is 5.08. The van der Waals surface area contributed by atoms with Crippen molar-refractivity contribution in [2.45, 2.75) is 20.0 Å². The summed E-state index contributed by atoms with van der Waals surface area (Å²) >= 11 is 0. The van der Waals surface area contributed by atoms with Crippen LogP contribution in [0.5, 0.6) is 5.75 Å². The number of nitriles is 1. The van der Waals surface area contributed by atoms with Gasteiger partial charge in [-0.15, -0.1) is 0 Å². The molecular formula is C19H18N2O4. The number of hydrogen-bond acceptors (Lipinski definition) is 5. The fourth-order valence-electron chi connectivity index (χ4n) is 2.04. The summed E-state index contributed by atoms with van der Waals surface area (Å²) in [4.78, 5) is 23.9. The first-order valence-electron chi connectivity index (χ1n) is 7.78. The molecule has 1 N–H and O–H groups in total. The molecule has 0 unspecified atom stereocenters. The molecule has 0 heterocycles. The standard InChI is InChI=1S/C19H18N2O4/c1-3-24-19(23)15-5-4-6-17(11-15)25-13(2)18(22)21-16-9-7-14(12-20)8-10-16/h4-11,13H,3H2,1-2H3,(H,21,22)/t13-/m0/s1. The fraction of sp³-hybridized carbons (Fsp3) is 0.211. The molecule has 2 rings (SSSR count). The van der Waals surface area contributed by atoms with Crippen molar-refractivity contribution in [3.63, 3.8) is 0 Å². The number of hydrogen-bond donors (Lipinski definition) is 1.